The van der Waals surface area contributed by atoms with Gasteiger partial charge in [-0.2, -0.15) is 13.2 Å². The van der Waals surface area contributed by atoms with Crippen LogP contribution >= 0.6 is 23.2 Å². The minimum atomic E-state index is -5.09. The molecule has 1 atom stereocenters. The van der Waals surface area contributed by atoms with Gasteiger partial charge in [0.1, 0.15) is 17.1 Å². The quantitative estimate of drug-likeness (QED) is 0.619. The number of alkyl halides is 5. The molecule has 1 aliphatic rings. The molecule has 0 amide bonds. The second-order valence-electron chi connectivity index (χ2n) is 5.65. The first-order valence-corrected chi connectivity index (χ1v) is 7.71. The summed E-state index contributed by atoms with van der Waals surface area (Å²) in [7, 11) is 0. The van der Waals surface area contributed by atoms with E-state index in [0.717, 1.165) is 22.8 Å². The van der Waals surface area contributed by atoms with Crippen LogP contribution in [0.5, 0.6) is 0 Å². The van der Waals surface area contributed by atoms with Crippen molar-refractivity contribution in [2.45, 2.75) is 31.0 Å². The Morgan fingerprint density at radius 2 is 1.80 bits per heavy atom. The van der Waals surface area contributed by atoms with Crippen LogP contribution in [0.2, 0.25) is 10.2 Å². The van der Waals surface area contributed by atoms with E-state index in [1.54, 1.807) is 0 Å². The highest BCUT2D eigenvalue weighted by Crippen LogP contribution is 2.51. The van der Waals surface area contributed by atoms with Gasteiger partial charge in [-0.3, -0.25) is 0 Å². The second kappa shape index (κ2) is 5.82. The predicted octanol–water partition coefficient (Wildman–Crippen LogP) is 5.56. The number of aliphatic hydroxyl groups is 1. The average molecular weight is 404 g/mol. The van der Waals surface area contributed by atoms with Gasteiger partial charge in [0.25, 0.3) is 5.92 Å². The zero-order valence-electron chi connectivity index (χ0n) is 12.1. The summed E-state index contributed by atoms with van der Waals surface area (Å²) in [6.45, 7) is 0. The molecule has 0 fully saturated rings. The summed E-state index contributed by atoms with van der Waals surface area (Å²) in [5.41, 5.74) is -2.96. The maximum absolute atomic E-state index is 13.8. The zero-order chi connectivity index (χ0) is 18.7. The van der Waals surface area contributed by atoms with Gasteiger partial charge in [-0.05, 0) is 24.6 Å². The predicted molar refractivity (Wildman–Crippen MR) is 79.0 cm³/mol. The Labute approximate surface area is 147 Å². The largest absolute Gasteiger partial charge is 0.419 e. The first-order valence-electron chi connectivity index (χ1n) is 6.96. The van der Waals surface area contributed by atoms with Gasteiger partial charge in [-0.1, -0.05) is 23.2 Å². The minimum absolute atomic E-state index is 0.108. The van der Waals surface area contributed by atoms with E-state index < -0.39 is 53.1 Å². The number of hydrogen-bond donors (Lipinski definition) is 1. The summed E-state index contributed by atoms with van der Waals surface area (Å²) in [6, 6.07) is 2.95. The van der Waals surface area contributed by atoms with Crippen molar-refractivity contribution in [2.24, 2.45) is 0 Å². The third-order valence-electron chi connectivity index (χ3n) is 4.01. The summed E-state index contributed by atoms with van der Waals surface area (Å²) in [5, 5.41) is 8.76. The molecule has 1 unspecified atom stereocenters. The standard InChI is InChI=1S/C15H9Cl2F6NO/c16-6-3-7(18)5-8(4-6)24-9-1-2-14(19,20)12(25)10(9)11(13(24)17)15(21,22)23/h3-5,12,25H,1-2H2. The van der Waals surface area contributed by atoms with Crippen molar-refractivity contribution in [2.75, 3.05) is 0 Å². The Kier molecular flexibility index (Phi) is 4.29. The molecular weight excluding hydrogens is 395 g/mol. The topological polar surface area (TPSA) is 25.2 Å². The molecule has 1 heterocycles. The molecule has 25 heavy (non-hydrogen) atoms. The molecular formula is C15H9Cl2F6NO. The van der Waals surface area contributed by atoms with Gasteiger partial charge < -0.3 is 9.67 Å². The van der Waals surface area contributed by atoms with Crippen molar-refractivity contribution < 1.29 is 31.4 Å². The number of hydrogen-bond acceptors (Lipinski definition) is 1. The summed E-state index contributed by atoms with van der Waals surface area (Å²) in [6.07, 6.45) is -9.11. The molecule has 1 aromatic heterocycles. The Hall–Kier alpha value is -1.38. The first kappa shape index (κ1) is 18.4. The highest BCUT2D eigenvalue weighted by atomic mass is 35.5. The van der Waals surface area contributed by atoms with Gasteiger partial charge in [0.15, 0.2) is 0 Å². The summed E-state index contributed by atoms with van der Waals surface area (Å²) >= 11 is 11.5. The third-order valence-corrected chi connectivity index (χ3v) is 4.59. The van der Waals surface area contributed by atoms with Gasteiger partial charge >= 0.3 is 6.18 Å². The molecule has 3 rings (SSSR count). The van der Waals surface area contributed by atoms with Crippen LogP contribution in [0.4, 0.5) is 26.3 Å². The maximum Gasteiger partial charge on any atom is 0.419 e. The highest BCUT2D eigenvalue weighted by molar-refractivity contribution is 6.31. The number of halogens is 8. The molecule has 0 saturated carbocycles. The number of aromatic nitrogens is 1. The lowest BCUT2D eigenvalue weighted by Crippen LogP contribution is -2.33. The zero-order valence-corrected chi connectivity index (χ0v) is 13.7. The highest BCUT2D eigenvalue weighted by Gasteiger charge is 2.52. The summed E-state index contributed by atoms with van der Waals surface area (Å²) in [5.74, 6) is -4.57. The van der Waals surface area contributed by atoms with E-state index in [1.807, 2.05) is 0 Å². The molecule has 0 bridgehead atoms. The fourth-order valence-corrected chi connectivity index (χ4v) is 3.61. The van der Waals surface area contributed by atoms with Crippen molar-refractivity contribution >= 4 is 23.2 Å². The van der Waals surface area contributed by atoms with Gasteiger partial charge in [0.05, 0.1) is 11.3 Å². The number of benzene rings is 1. The van der Waals surface area contributed by atoms with Crippen LogP contribution in [-0.2, 0) is 12.6 Å². The van der Waals surface area contributed by atoms with E-state index in [-0.39, 0.29) is 16.4 Å². The molecule has 0 saturated heterocycles. The maximum atomic E-state index is 13.8. The van der Waals surface area contributed by atoms with Crippen LogP contribution in [0.15, 0.2) is 18.2 Å². The molecule has 1 N–H and O–H groups in total. The Morgan fingerprint density at radius 1 is 1.16 bits per heavy atom. The van der Waals surface area contributed by atoms with Crippen LogP contribution in [0.1, 0.15) is 29.3 Å². The fraction of sp³-hybridized carbons (Fsp3) is 0.333. The van der Waals surface area contributed by atoms with Crippen molar-refractivity contribution in [3.05, 3.63) is 51.0 Å². The number of nitrogens with zero attached hydrogens (tertiary/aromatic N) is 1. The third kappa shape index (κ3) is 3.00. The number of aliphatic hydroxyl groups excluding tert-OH is 1. The van der Waals surface area contributed by atoms with E-state index in [2.05, 4.69) is 0 Å². The Morgan fingerprint density at radius 3 is 2.36 bits per heavy atom. The second-order valence-corrected chi connectivity index (χ2v) is 6.45. The summed E-state index contributed by atoms with van der Waals surface area (Å²) < 4.78 is 82.1. The molecule has 10 heteroatoms. The van der Waals surface area contributed by atoms with E-state index in [9.17, 15) is 31.4 Å². The number of fused-ring (bicyclic) bond motifs is 1. The van der Waals surface area contributed by atoms with Crippen LogP contribution in [-0.4, -0.2) is 15.6 Å². The van der Waals surface area contributed by atoms with Crippen molar-refractivity contribution in [3.8, 4) is 5.69 Å². The lowest BCUT2D eigenvalue weighted by molar-refractivity contribution is -0.147. The SMILES string of the molecule is OC1c2c(C(F)(F)F)c(Cl)n(-c3cc(F)cc(Cl)c3)c2CCC1(F)F. The van der Waals surface area contributed by atoms with Gasteiger partial charge in [0, 0.05) is 22.7 Å². The molecule has 2 nitrogen and oxygen atoms in total. The molecule has 0 radical (unpaired) electrons. The lowest BCUT2D eigenvalue weighted by atomic mass is 9.89. The van der Waals surface area contributed by atoms with Crippen LogP contribution < -0.4 is 0 Å². The summed E-state index contributed by atoms with van der Waals surface area (Å²) in [4.78, 5) is 0. The van der Waals surface area contributed by atoms with Crippen molar-refractivity contribution in [1.29, 1.82) is 0 Å². The van der Waals surface area contributed by atoms with E-state index in [1.165, 1.54) is 0 Å². The van der Waals surface area contributed by atoms with Crippen LogP contribution in [0, 0.1) is 5.82 Å². The van der Waals surface area contributed by atoms with E-state index >= 15 is 0 Å². The molecule has 0 aliphatic heterocycles. The van der Waals surface area contributed by atoms with Crippen LogP contribution in [0.25, 0.3) is 5.69 Å². The monoisotopic (exact) mass is 403 g/mol. The first-order chi connectivity index (χ1) is 11.4. The van der Waals surface area contributed by atoms with E-state index in [0.29, 0.717) is 0 Å². The Balaban J connectivity index is 2.36. The van der Waals surface area contributed by atoms with Crippen molar-refractivity contribution in [3.63, 3.8) is 0 Å². The smallest absolute Gasteiger partial charge is 0.382 e. The van der Waals surface area contributed by atoms with Crippen molar-refractivity contribution in [1.82, 2.24) is 4.57 Å². The van der Waals surface area contributed by atoms with Crippen LogP contribution in [0.3, 0.4) is 0 Å². The number of rotatable bonds is 1. The molecule has 1 aromatic carbocycles. The normalized spacial score (nSPS) is 19.8. The minimum Gasteiger partial charge on any atom is -0.382 e. The average Bonchev–Trinajstić information content (AvgIpc) is 2.75. The van der Waals surface area contributed by atoms with Gasteiger partial charge in [0.2, 0.25) is 0 Å². The van der Waals surface area contributed by atoms with E-state index in [4.69, 9.17) is 23.2 Å². The molecule has 0 spiro atoms. The fourth-order valence-electron chi connectivity index (χ4n) is 2.99. The molecule has 1 aliphatic carbocycles. The van der Waals surface area contributed by atoms with Gasteiger partial charge in [-0.15, -0.1) is 0 Å². The Bertz CT molecular complexity index is 825. The molecule has 136 valence electrons. The van der Waals surface area contributed by atoms with Gasteiger partial charge in [-0.25, -0.2) is 13.2 Å². The lowest BCUT2D eigenvalue weighted by Gasteiger charge is -2.29. The molecule has 2 aromatic rings.